The largest absolute Gasteiger partial charge is 0.310 e. The summed E-state index contributed by atoms with van der Waals surface area (Å²) < 4.78 is 0. The fourth-order valence-electron chi connectivity index (χ4n) is 2.06. The molecule has 2 aromatic rings. The fourth-order valence-corrected chi connectivity index (χ4v) is 3.31. The first-order chi connectivity index (χ1) is 9.60. The third-order valence-corrected chi connectivity index (χ3v) is 4.59. The topological polar surface area (TPSA) is 24.9 Å². The molecule has 0 saturated heterocycles. The summed E-state index contributed by atoms with van der Waals surface area (Å²) in [5.41, 5.74) is 2.11. The molecule has 0 saturated carbocycles. The van der Waals surface area contributed by atoms with Gasteiger partial charge in [-0.3, -0.25) is 0 Å². The molecule has 2 nitrogen and oxygen atoms in total. The molecule has 108 valence electrons. The minimum atomic E-state index is 0.145. The van der Waals surface area contributed by atoms with Gasteiger partial charge in [-0.1, -0.05) is 30.1 Å². The van der Waals surface area contributed by atoms with Crippen molar-refractivity contribution in [2.75, 3.05) is 6.54 Å². The lowest BCUT2D eigenvalue weighted by atomic mass is 10.0. The van der Waals surface area contributed by atoms with E-state index in [0.717, 1.165) is 40.7 Å². The summed E-state index contributed by atoms with van der Waals surface area (Å²) in [6.07, 6.45) is 1.91. The molecule has 1 atom stereocenters. The summed E-state index contributed by atoms with van der Waals surface area (Å²) in [6.45, 7) is 5.11. The monoisotopic (exact) mass is 328 g/mol. The van der Waals surface area contributed by atoms with Crippen molar-refractivity contribution < 1.29 is 0 Å². The minimum absolute atomic E-state index is 0.145. The van der Waals surface area contributed by atoms with Gasteiger partial charge in [-0.05, 0) is 43.7 Å². The number of benzene rings is 1. The van der Waals surface area contributed by atoms with Gasteiger partial charge in [0.05, 0.1) is 5.01 Å². The van der Waals surface area contributed by atoms with E-state index >= 15 is 0 Å². The molecule has 20 heavy (non-hydrogen) atoms. The van der Waals surface area contributed by atoms with Crippen molar-refractivity contribution >= 4 is 34.5 Å². The van der Waals surface area contributed by atoms with Crippen LogP contribution in [0.25, 0.3) is 0 Å². The molecular formula is C15H18Cl2N2S. The number of rotatable bonds is 6. The van der Waals surface area contributed by atoms with Crippen molar-refractivity contribution in [1.29, 1.82) is 0 Å². The van der Waals surface area contributed by atoms with Crippen LogP contribution in [0.4, 0.5) is 0 Å². The Balaban J connectivity index is 2.24. The number of aryl methyl sites for hydroxylation is 1. The van der Waals surface area contributed by atoms with Gasteiger partial charge in [-0.15, -0.1) is 11.3 Å². The molecule has 1 unspecified atom stereocenters. The molecule has 1 heterocycles. The molecule has 0 fully saturated rings. The summed E-state index contributed by atoms with van der Waals surface area (Å²) in [7, 11) is 0. The average Bonchev–Trinajstić information content (AvgIpc) is 2.83. The summed E-state index contributed by atoms with van der Waals surface area (Å²) in [4.78, 5) is 4.54. The lowest BCUT2D eigenvalue weighted by molar-refractivity contribution is 0.528. The molecule has 1 N–H and O–H groups in total. The third kappa shape index (κ3) is 4.19. The summed E-state index contributed by atoms with van der Waals surface area (Å²) in [6, 6.07) is 5.76. The Bertz CT molecular complexity index is 569. The fraction of sp³-hybridized carbons (Fsp3) is 0.400. The first kappa shape index (κ1) is 15.8. The van der Waals surface area contributed by atoms with E-state index in [4.69, 9.17) is 23.2 Å². The van der Waals surface area contributed by atoms with Crippen molar-refractivity contribution in [3.05, 3.63) is 49.9 Å². The highest BCUT2D eigenvalue weighted by Crippen LogP contribution is 2.29. The van der Waals surface area contributed by atoms with E-state index in [0.29, 0.717) is 5.02 Å². The van der Waals surface area contributed by atoms with Crippen molar-refractivity contribution in [3.8, 4) is 0 Å². The van der Waals surface area contributed by atoms with Gasteiger partial charge in [0.15, 0.2) is 0 Å². The van der Waals surface area contributed by atoms with Crippen LogP contribution in [-0.4, -0.2) is 11.5 Å². The summed E-state index contributed by atoms with van der Waals surface area (Å²) in [5, 5.41) is 8.19. The van der Waals surface area contributed by atoms with Crippen LogP contribution in [0.1, 0.15) is 35.7 Å². The molecule has 0 aliphatic carbocycles. The van der Waals surface area contributed by atoms with Gasteiger partial charge in [0.25, 0.3) is 0 Å². The molecule has 2 rings (SSSR count). The molecule has 0 amide bonds. The van der Waals surface area contributed by atoms with Crippen LogP contribution in [0.2, 0.25) is 10.0 Å². The van der Waals surface area contributed by atoms with Crippen LogP contribution in [0.5, 0.6) is 0 Å². The Morgan fingerprint density at radius 3 is 2.80 bits per heavy atom. The smallest absolute Gasteiger partial charge is 0.0947 e. The van der Waals surface area contributed by atoms with Crippen molar-refractivity contribution in [1.82, 2.24) is 10.3 Å². The number of thiazole rings is 1. The molecular weight excluding hydrogens is 311 g/mol. The van der Waals surface area contributed by atoms with E-state index in [9.17, 15) is 0 Å². The number of nitrogens with zero attached hydrogens (tertiary/aromatic N) is 1. The van der Waals surface area contributed by atoms with Crippen LogP contribution in [0.15, 0.2) is 23.6 Å². The zero-order valence-electron chi connectivity index (χ0n) is 11.6. The molecule has 0 aliphatic rings. The molecule has 1 aromatic heterocycles. The predicted octanol–water partition coefficient (Wildman–Crippen LogP) is 5.04. The first-order valence-electron chi connectivity index (χ1n) is 6.69. The van der Waals surface area contributed by atoms with Crippen LogP contribution in [0.3, 0.4) is 0 Å². The molecule has 5 heteroatoms. The van der Waals surface area contributed by atoms with E-state index in [1.807, 2.05) is 25.1 Å². The Hall–Kier alpha value is -0.610. The average molecular weight is 329 g/mol. The Kier molecular flexibility index (Phi) is 5.85. The van der Waals surface area contributed by atoms with Gasteiger partial charge in [-0.2, -0.15) is 0 Å². The lowest BCUT2D eigenvalue weighted by Crippen LogP contribution is -2.24. The van der Waals surface area contributed by atoms with Gasteiger partial charge >= 0.3 is 0 Å². The van der Waals surface area contributed by atoms with Crippen molar-refractivity contribution in [2.45, 2.75) is 32.7 Å². The van der Waals surface area contributed by atoms with Crippen LogP contribution in [-0.2, 0) is 6.42 Å². The SMILES string of the molecule is CCCNC(Cc1nc(C)cs1)c1cc(Cl)ccc1Cl. The van der Waals surface area contributed by atoms with Gasteiger partial charge in [0.2, 0.25) is 0 Å². The highest BCUT2D eigenvalue weighted by molar-refractivity contribution is 7.09. The Morgan fingerprint density at radius 1 is 1.35 bits per heavy atom. The molecule has 0 spiro atoms. The minimum Gasteiger partial charge on any atom is -0.310 e. The molecule has 0 radical (unpaired) electrons. The maximum atomic E-state index is 6.33. The predicted molar refractivity (Wildman–Crippen MR) is 88.1 cm³/mol. The second-order valence-electron chi connectivity index (χ2n) is 4.76. The first-order valence-corrected chi connectivity index (χ1v) is 8.33. The number of aromatic nitrogens is 1. The molecule has 1 aromatic carbocycles. The van der Waals surface area contributed by atoms with E-state index in [1.54, 1.807) is 11.3 Å². The maximum absolute atomic E-state index is 6.33. The van der Waals surface area contributed by atoms with Crippen LogP contribution < -0.4 is 5.32 Å². The number of nitrogens with one attached hydrogen (secondary N) is 1. The maximum Gasteiger partial charge on any atom is 0.0947 e. The second-order valence-corrected chi connectivity index (χ2v) is 6.55. The van der Waals surface area contributed by atoms with Gasteiger partial charge in [0.1, 0.15) is 0 Å². The third-order valence-electron chi connectivity index (χ3n) is 3.02. The highest BCUT2D eigenvalue weighted by atomic mass is 35.5. The van der Waals surface area contributed by atoms with Crippen LogP contribution in [0, 0.1) is 6.92 Å². The number of hydrogen-bond acceptors (Lipinski definition) is 3. The second kappa shape index (κ2) is 7.41. The Morgan fingerprint density at radius 2 is 2.15 bits per heavy atom. The number of halogens is 2. The van der Waals surface area contributed by atoms with E-state index in [1.165, 1.54) is 0 Å². The zero-order chi connectivity index (χ0) is 14.5. The molecule has 0 bridgehead atoms. The van der Waals surface area contributed by atoms with Crippen LogP contribution >= 0.6 is 34.5 Å². The van der Waals surface area contributed by atoms with E-state index < -0.39 is 0 Å². The van der Waals surface area contributed by atoms with Gasteiger partial charge < -0.3 is 5.32 Å². The quantitative estimate of drug-likeness (QED) is 0.803. The van der Waals surface area contributed by atoms with Gasteiger partial charge in [0, 0.05) is 33.6 Å². The standard InChI is InChI=1S/C15H18Cl2N2S/c1-3-6-18-14(8-15-19-10(2)9-20-15)12-7-11(16)4-5-13(12)17/h4-5,7,9,14,18H,3,6,8H2,1-2H3. The normalized spacial score (nSPS) is 12.6. The van der Waals surface area contributed by atoms with Crippen molar-refractivity contribution in [2.24, 2.45) is 0 Å². The summed E-state index contributed by atoms with van der Waals surface area (Å²) >= 11 is 14.1. The molecule has 0 aliphatic heterocycles. The van der Waals surface area contributed by atoms with Gasteiger partial charge in [-0.25, -0.2) is 4.98 Å². The Labute approximate surface area is 134 Å². The van der Waals surface area contributed by atoms with E-state index in [-0.39, 0.29) is 6.04 Å². The highest BCUT2D eigenvalue weighted by Gasteiger charge is 2.17. The van der Waals surface area contributed by atoms with Crippen molar-refractivity contribution in [3.63, 3.8) is 0 Å². The zero-order valence-corrected chi connectivity index (χ0v) is 13.9. The summed E-state index contributed by atoms with van der Waals surface area (Å²) in [5.74, 6) is 0. The number of hydrogen-bond donors (Lipinski definition) is 1. The lowest BCUT2D eigenvalue weighted by Gasteiger charge is -2.19. The van der Waals surface area contributed by atoms with E-state index in [2.05, 4.69) is 22.6 Å².